The highest BCUT2D eigenvalue weighted by atomic mass is 79.9. The van der Waals surface area contributed by atoms with Crippen LogP contribution in [0.25, 0.3) is 0 Å². The molecule has 182 valence electrons. The Morgan fingerprint density at radius 3 is 2.29 bits per heavy atom. The van der Waals surface area contributed by atoms with Gasteiger partial charge in [-0.1, -0.05) is 60.1 Å². The molecule has 3 N–H and O–H groups in total. The average molecular weight is 555 g/mol. The number of nitrogens with one attached hydrogen (secondary N) is 3. The van der Waals surface area contributed by atoms with Crippen molar-refractivity contribution in [2.24, 2.45) is 5.92 Å². The molecule has 1 atom stereocenters. The topological polar surface area (TPSA) is 79.5 Å². The van der Waals surface area contributed by atoms with E-state index in [-0.39, 0.29) is 23.0 Å². The Morgan fingerprint density at radius 2 is 1.63 bits per heavy atom. The summed E-state index contributed by atoms with van der Waals surface area (Å²) >= 11 is 8.71. The van der Waals surface area contributed by atoms with E-state index in [4.69, 9.17) is 17.0 Å². The summed E-state index contributed by atoms with van der Waals surface area (Å²) in [5, 5.41) is 8.78. The third kappa shape index (κ3) is 7.90. The fourth-order valence-electron chi connectivity index (χ4n) is 3.20. The fraction of sp³-hybridized carbons (Fsp3) is 0.222. The Hall–Kier alpha value is -3.23. The summed E-state index contributed by atoms with van der Waals surface area (Å²) in [6.45, 7) is 6.51. The molecule has 0 fully saturated rings. The molecule has 0 radical (unpaired) electrons. The van der Waals surface area contributed by atoms with Crippen molar-refractivity contribution < 1.29 is 14.3 Å². The van der Waals surface area contributed by atoms with Gasteiger partial charge in [0.1, 0.15) is 5.75 Å². The molecule has 6 nitrogen and oxygen atoms in total. The number of hydrogen-bond donors (Lipinski definition) is 3. The second kappa shape index (κ2) is 12.5. The van der Waals surface area contributed by atoms with Crippen molar-refractivity contribution in [3.8, 4) is 5.75 Å². The number of anilines is 1. The second-order valence-corrected chi connectivity index (χ2v) is 9.76. The molecule has 0 aliphatic heterocycles. The summed E-state index contributed by atoms with van der Waals surface area (Å²) in [6, 6.07) is 21.8. The average Bonchev–Trinajstić information content (AvgIpc) is 2.84. The summed E-state index contributed by atoms with van der Waals surface area (Å²) < 4.78 is 6.54. The predicted molar refractivity (Wildman–Crippen MR) is 147 cm³/mol. The summed E-state index contributed by atoms with van der Waals surface area (Å²) in [5.74, 6) is 0.256. The van der Waals surface area contributed by atoms with Crippen molar-refractivity contribution in [3.05, 3.63) is 94.0 Å². The van der Waals surface area contributed by atoms with Crippen LogP contribution >= 0.6 is 28.1 Å². The monoisotopic (exact) mass is 553 g/mol. The first-order valence-electron chi connectivity index (χ1n) is 11.2. The lowest BCUT2D eigenvalue weighted by Crippen LogP contribution is -2.34. The summed E-state index contributed by atoms with van der Waals surface area (Å²) in [6.07, 6.45) is 0. The fourth-order valence-corrected chi connectivity index (χ4v) is 3.78. The molecule has 3 rings (SSSR count). The molecule has 35 heavy (non-hydrogen) atoms. The number of thiocarbonyl (C=S) groups is 1. The first-order valence-corrected chi connectivity index (χ1v) is 12.4. The number of rotatable bonds is 8. The molecule has 1 unspecified atom stereocenters. The van der Waals surface area contributed by atoms with Crippen molar-refractivity contribution in [1.29, 1.82) is 0 Å². The maximum Gasteiger partial charge on any atom is 0.261 e. The van der Waals surface area contributed by atoms with Gasteiger partial charge in [-0.05, 0) is 73.1 Å². The van der Waals surface area contributed by atoms with Gasteiger partial charge in [0.05, 0.1) is 18.2 Å². The van der Waals surface area contributed by atoms with Crippen molar-refractivity contribution in [2.45, 2.75) is 26.8 Å². The van der Waals surface area contributed by atoms with Gasteiger partial charge < -0.3 is 15.4 Å². The minimum Gasteiger partial charge on any atom is -0.492 e. The lowest BCUT2D eigenvalue weighted by molar-refractivity contribution is 0.0938. The third-order valence-corrected chi connectivity index (χ3v) is 5.73. The Kier molecular flexibility index (Phi) is 9.39. The number of ether oxygens (including phenoxy) is 1. The van der Waals surface area contributed by atoms with E-state index < -0.39 is 0 Å². The smallest absolute Gasteiger partial charge is 0.261 e. The first kappa shape index (κ1) is 26.4. The van der Waals surface area contributed by atoms with Crippen LogP contribution in [0.15, 0.2) is 77.3 Å². The number of carbonyl (C=O) groups excluding carboxylic acids is 2. The van der Waals surface area contributed by atoms with E-state index in [0.717, 1.165) is 10.0 Å². The largest absolute Gasteiger partial charge is 0.492 e. The van der Waals surface area contributed by atoms with E-state index >= 15 is 0 Å². The Bertz CT molecular complexity index is 1180. The minimum absolute atomic E-state index is 0.114. The molecule has 2 amide bonds. The lowest BCUT2D eigenvalue weighted by atomic mass is 10.1. The van der Waals surface area contributed by atoms with Crippen LogP contribution in [-0.4, -0.2) is 23.5 Å². The number of amides is 2. The van der Waals surface area contributed by atoms with Gasteiger partial charge >= 0.3 is 0 Å². The summed E-state index contributed by atoms with van der Waals surface area (Å²) in [7, 11) is 0. The normalized spacial score (nSPS) is 11.5. The molecule has 0 aliphatic rings. The van der Waals surface area contributed by atoms with Crippen LogP contribution in [0.3, 0.4) is 0 Å². The van der Waals surface area contributed by atoms with Gasteiger partial charge in [0.2, 0.25) is 0 Å². The molecule has 3 aromatic carbocycles. The molecule has 0 heterocycles. The Morgan fingerprint density at radius 1 is 0.943 bits per heavy atom. The first-order chi connectivity index (χ1) is 16.7. The SMILES string of the molecule is CC(C)COc1ccc(Br)cc1C(=O)NC(=S)Nc1ccc(C(=O)NC(C)c2ccccc2)cc1. The summed E-state index contributed by atoms with van der Waals surface area (Å²) in [5.41, 5.74) is 2.58. The quantitative estimate of drug-likeness (QED) is 0.293. The zero-order valence-electron chi connectivity index (χ0n) is 19.8. The van der Waals surface area contributed by atoms with Crippen LogP contribution in [0.5, 0.6) is 5.75 Å². The van der Waals surface area contributed by atoms with E-state index in [1.807, 2.05) is 57.2 Å². The lowest BCUT2D eigenvalue weighted by Gasteiger charge is -2.15. The molecule has 3 aromatic rings. The Labute approximate surface area is 219 Å². The van der Waals surface area contributed by atoms with Gasteiger partial charge in [-0.25, -0.2) is 0 Å². The van der Waals surface area contributed by atoms with E-state index in [1.54, 1.807) is 36.4 Å². The molecule has 0 aliphatic carbocycles. The van der Waals surface area contributed by atoms with E-state index in [1.165, 1.54) is 0 Å². The van der Waals surface area contributed by atoms with Gasteiger partial charge in [0.15, 0.2) is 5.11 Å². The van der Waals surface area contributed by atoms with Gasteiger partial charge in [0, 0.05) is 15.7 Å². The number of halogens is 1. The number of benzene rings is 3. The number of carbonyl (C=O) groups is 2. The van der Waals surface area contributed by atoms with Gasteiger partial charge in [-0.2, -0.15) is 0 Å². The highest BCUT2D eigenvalue weighted by Gasteiger charge is 2.16. The summed E-state index contributed by atoms with van der Waals surface area (Å²) in [4.78, 5) is 25.4. The predicted octanol–water partition coefficient (Wildman–Crippen LogP) is 6.10. The second-order valence-electron chi connectivity index (χ2n) is 8.44. The minimum atomic E-state index is -0.381. The van der Waals surface area contributed by atoms with Crippen LogP contribution in [0, 0.1) is 5.92 Å². The highest BCUT2D eigenvalue weighted by molar-refractivity contribution is 9.10. The maximum absolute atomic E-state index is 12.8. The molecule has 0 saturated carbocycles. The molecule has 0 saturated heterocycles. The molecular weight excluding hydrogens is 526 g/mol. The van der Waals surface area contributed by atoms with Crippen LogP contribution in [0.2, 0.25) is 0 Å². The molecule has 8 heteroatoms. The van der Waals surface area contributed by atoms with Crippen LogP contribution < -0.4 is 20.7 Å². The molecule has 0 spiro atoms. The molecular formula is C27H28BrN3O3S. The highest BCUT2D eigenvalue weighted by Crippen LogP contribution is 2.24. The van der Waals surface area contributed by atoms with Crippen LogP contribution in [0.4, 0.5) is 5.69 Å². The standard InChI is InChI=1S/C27H28BrN3O3S/c1-17(2)16-34-24-14-11-21(28)15-23(24)26(33)31-27(35)30-22-12-9-20(10-13-22)25(32)29-18(3)19-7-5-4-6-8-19/h4-15,17-18H,16H2,1-3H3,(H,29,32)(H2,30,31,33,35). The van der Waals surface area contributed by atoms with Gasteiger partial charge in [-0.3, -0.25) is 14.9 Å². The third-order valence-electron chi connectivity index (χ3n) is 5.04. The van der Waals surface area contributed by atoms with E-state index in [0.29, 0.717) is 35.1 Å². The maximum atomic E-state index is 12.8. The Balaban J connectivity index is 1.58. The van der Waals surface area contributed by atoms with Crippen LogP contribution in [-0.2, 0) is 0 Å². The van der Waals surface area contributed by atoms with Crippen molar-refractivity contribution in [2.75, 3.05) is 11.9 Å². The zero-order chi connectivity index (χ0) is 25.4. The van der Waals surface area contributed by atoms with Crippen molar-refractivity contribution in [1.82, 2.24) is 10.6 Å². The zero-order valence-corrected chi connectivity index (χ0v) is 22.2. The van der Waals surface area contributed by atoms with Crippen molar-refractivity contribution in [3.63, 3.8) is 0 Å². The van der Waals surface area contributed by atoms with E-state index in [2.05, 4.69) is 31.9 Å². The van der Waals surface area contributed by atoms with Gasteiger partial charge in [0.25, 0.3) is 11.8 Å². The van der Waals surface area contributed by atoms with Crippen LogP contribution in [0.1, 0.15) is 53.1 Å². The van der Waals surface area contributed by atoms with Gasteiger partial charge in [-0.15, -0.1) is 0 Å². The number of hydrogen-bond acceptors (Lipinski definition) is 4. The van der Waals surface area contributed by atoms with E-state index in [9.17, 15) is 9.59 Å². The molecule has 0 bridgehead atoms. The van der Waals surface area contributed by atoms with Crippen molar-refractivity contribution >= 4 is 50.8 Å². The molecule has 0 aromatic heterocycles.